The molecule has 0 aliphatic heterocycles. The van der Waals surface area contributed by atoms with E-state index < -0.39 is 0 Å². The van der Waals surface area contributed by atoms with Crippen LogP contribution in [0.25, 0.3) is 0 Å². The lowest BCUT2D eigenvalue weighted by atomic mass is 10.1. The number of carbonyl (C=O) groups is 1. The van der Waals surface area contributed by atoms with Gasteiger partial charge in [-0.1, -0.05) is 6.07 Å². The van der Waals surface area contributed by atoms with Crippen LogP contribution in [0.4, 0.5) is 5.69 Å². The number of hydrogen-bond acceptors (Lipinski definition) is 5. The maximum atomic E-state index is 12.2. The lowest BCUT2D eigenvalue weighted by Crippen LogP contribution is -2.28. The predicted octanol–water partition coefficient (Wildman–Crippen LogP) is 2.40. The number of benzene rings is 2. The van der Waals surface area contributed by atoms with E-state index >= 15 is 0 Å². The van der Waals surface area contributed by atoms with E-state index in [4.69, 9.17) is 19.9 Å². The second-order valence-corrected chi connectivity index (χ2v) is 5.23. The van der Waals surface area contributed by atoms with Gasteiger partial charge >= 0.3 is 0 Å². The van der Waals surface area contributed by atoms with Crippen LogP contribution in [0.2, 0.25) is 0 Å². The summed E-state index contributed by atoms with van der Waals surface area (Å²) >= 11 is 0. The number of aryl methyl sites for hydroxylation is 1. The Morgan fingerprint density at radius 2 is 1.67 bits per heavy atom. The summed E-state index contributed by atoms with van der Waals surface area (Å²) in [5.74, 6) is 1.72. The number of nitrogens with two attached hydrogens (primary N) is 1. The van der Waals surface area contributed by atoms with Crippen molar-refractivity contribution < 1.29 is 19.0 Å². The quantitative estimate of drug-likeness (QED) is 0.602. The van der Waals surface area contributed by atoms with Crippen molar-refractivity contribution in [3.8, 4) is 17.2 Å². The summed E-state index contributed by atoms with van der Waals surface area (Å²) in [7, 11) is 3.15. The number of carbonyl (C=O) groups excluding carboxylic acids is 1. The highest BCUT2D eigenvalue weighted by Crippen LogP contribution is 2.27. The second-order valence-electron chi connectivity index (χ2n) is 5.23. The number of methoxy groups -OCH3 is 2. The molecule has 0 spiro atoms. The van der Waals surface area contributed by atoms with Crippen molar-refractivity contribution in [2.75, 3.05) is 33.1 Å². The van der Waals surface area contributed by atoms with Gasteiger partial charge in [-0.25, -0.2) is 0 Å². The molecule has 24 heavy (non-hydrogen) atoms. The number of hydrogen-bond donors (Lipinski definition) is 2. The Labute approximate surface area is 141 Å². The van der Waals surface area contributed by atoms with Gasteiger partial charge in [0, 0.05) is 29.4 Å². The van der Waals surface area contributed by atoms with E-state index in [9.17, 15) is 4.79 Å². The minimum Gasteiger partial charge on any atom is -0.496 e. The van der Waals surface area contributed by atoms with E-state index in [0.717, 1.165) is 5.56 Å². The van der Waals surface area contributed by atoms with E-state index in [1.807, 2.05) is 13.0 Å². The maximum Gasteiger partial charge on any atom is 0.251 e. The third-order valence-corrected chi connectivity index (χ3v) is 3.49. The number of rotatable bonds is 7. The molecule has 0 atom stereocenters. The normalized spacial score (nSPS) is 10.1. The van der Waals surface area contributed by atoms with Crippen LogP contribution in [0.1, 0.15) is 15.9 Å². The standard InChI is InChI=1S/C18H22N2O4/c1-12-4-5-13(19)8-17(12)18(21)20-6-7-24-16-10-14(22-2)9-15(11-16)23-3/h4-5,8-11H,6-7,19H2,1-3H3,(H,20,21). The van der Waals surface area contributed by atoms with Crippen LogP contribution in [-0.2, 0) is 0 Å². The third-order valence-electron chi connectivity index (χ3n) is 3.49. The summed E-state index contributed by atoms with van der Waals surface area (Å²) in [6.07, 6.45) is 0. The molecule has 128 valence electrons. The highest BCUT2D eigenvalue weighted by atomic mass is 16.5. The Kier molecular flexibility index (Phi) is 5.89. The van der Waals surface area contributed by atoms with Gasteiger partial charge in [-0.3, -0.25) is 4.79 Å². The van der Waals surface area contributed by atoms with Gasteiger partial charge in [-0.15, -0.1) is 0 Å². The Morgan fingerprint density at radius 1 is 1.04 bits per heavy atom. The monoisotopic (exact) mass is 330 g/mol. The molecule has 0 unspecified atom stereocenters. The van der Waals surface area contributed by atoms with Crippen molar-refractivity contribution in [2.24, 2.45) is 0 Å². The summed E-state index contributed by atoms with van der Waals surface area (Å²) in [6, 6.07) is 10.5. The first kappa shape index (κ1) is 17.5. The topological polar surface area (TPSA) is 82.8 Å². The zero-order valence-corrected chi connectivity index (χ0v) is 14.1. The molecule has 0 saturated heterocycles. The average molecular weight is 330 g/mol. The van der Waals surface area contributed by atoms with Crippen LogP contribution in [0.3, 0.4) is 0 Å². The molecule has 0 heterocycles. The van der Waals surface area contributed by atoms with Gasteiger partial charge in [0.2, 0.25) is 0 Å². The fourth-order valence-corrected chi connectivity index (χ4v) is 2.18. The molecule has 0 aliphatic carbocycles. The largest absolute Gasteiger partial charge is 0.496 e. The van der Waals surface area contributed by atoms with Gasteiger partial charge in [0.25, 0.3) is 5.91 Å². The number of nitrogens with one attached hydrogen (secondary N) is 1. The SMILES string of the molecule is COc1cc(OC)cc(OCCNC(=O)c2cc(N)ccc2C)c1. The lowest BCUT2D eigenvalue weighted by Gasteiger charge is -2.11. The van der Waals surface area contributed by atoms with Gasteiger partial charge in [-0.2, -0.15) is 0 Å². The third kappa shape index (κ3) is 4.55. The van der Waals surface area contributed by atoms with Crippen LogP contribution in [0.15, 0.2) is 36.4 Å². The van der Waals surface area contributed by atoms with Gasteiger partial charge in [0.05, 0.1) is 20.8 Å². The molecule has 2 aromatic rings. The number of ether oxygens (including phenoxy) is 3. The predicted molar refractivity (Wildman–Crippen MR) is 93.0 cm³/mol. The van der Waals surface area contributed by atoms with Gasteiger partial charge in [0.1, 0.15) is 23.9 Å². The Hall–Kier alpha value is -2.89. The van der Waals surface area contributed by atoms with E-state index in [1.54, 1.807) is 44.6 Å². The zero-order chi connectivity index (χ0) is 17.5. The van der Waals surface area contributed by atoms with Crippen molar-refractivity contribution in [3.63, 3.8) is 0 Å². The van der Waals surface area contributed by atoms with Gasteiger partial charge in [-0.05, 0) is 24.6 Å². The van der Waals surface area contributed by atoms with Crippen LogP contribution < -0.4 is 25.3 Å². The molecule has 0 aliphatic rings. The lowest BCUT2D eigenvalue weighted by molar-refractivity contribution is 0.0946. The maximum absolute atomic E-state index is 12.2. The second kappa shape index (κ2) is 8.10. The first-order valence-corrected chi connectivity index (χ1v) is 7.53. The summed E-state index contributed by atoms with van der Waals surface area (Å²) < 4.78 is 16.0. The molecule has 0 fully saturated rings. The van der Waals surface area contributed by atoms with Crippen molar-refractivity contribution in [2.45, 2.75) is 6.92 Å². The van der Waals surface area contributed by atoms with Crippen LogP contribution in [0, 0.1) is 6.92 Å². The summed E-state index contributed by atoms with van der Waals surface area (Å²) in [4.78, 5) is 12.2. The van der Waals surface area contributed by atoms with Gasteiger partial charge in [0.15, 0.2) is 0 Å². The zero-order valence-electron chi connectivity index (χ0n) is 14.1. The van der Waals surface area contributed by atoms with Crippen LogP contribution in [0.5, 0.6) is 17.2 Å². The molecule has 2 rings (SSSR count). The van der Waals surface area contributed by atoms with Crippen LogP contribution in [-0.4, -0.2) is 33.3 Å². The van der Waals surface area contributed by atoms with Crippen LogP contribution >= 0.6 is 0 Å². The molecule has 1 amide bonds. The average Bonchev–Trinajstić information content (AvgIpc) is 2.60. The van der Waals surface area contributed by atoms with Crippen molar-refractivity contribution in [1.29, 1.82) is 0 Å². The van der Waals surface area contributed by atoms with E-state index in [2.05, 4.69) is 5.32 Å². The molecule has 6 nitrogen and oxygen atoms in total. The summed E-state index contributed by atoms with van der Waals surface area (Å²) in [5.41, 5.74) is 7.73. The molecule has 0 radical (unpaired) electrons. The number of amides is 1. The van der Waals surface area contributed by atoms with Crippen molar-refractivity contribution in [1.82, 2.24) is 5.32 Å². The molecular formula is C18H22N2O4. The van der Waals surface area contributed by atoms with Crippen molar-refractivity contribution in [3.05, 3.63) is 47.5 Å². The fraction of sp³-hybridized carbons (Fsp3) is 0.278. The first-order valence-electron chi connectivity index (χ1n) is 7.53. The Balaban J connectivity index is 1.88. The first-order chi connectivity index (χ1) is 11.5. The molecule has 6 heteroatoms. The highest BCUT2D eigenvalue weighted by molar-refractivity contribution is 5.96. The highest BCUT2D eigenvalue weighted by Gasteiger charge is 2.09. The summed E-state index contributed by atoms with van der Waals surface area (Å²) in [6.45, 7) is 2.56. The smallest absolute Gasteiger partial charge is 0.251 e. The molecule has 2 aromatic carbocycles. The number of nitrogen functional groups attached to an aromatic ring is 1. The van der Waals surface area contributed by atoms with E-state index in [-0.39, 0.29) is 5.91 Å². The minimum atomic E-state index is -0.174. The summed E-state index contributed by atoms with van der Waals surface area (Å²) in [5, 5.41) is 2.81. The Bertz CT molecular complexity index is 694. The molecule has 3 N–H and O–H groups in total. The minimum absolute atomic E-state index is 0.174. The van der Waals surface area contributed by atoms with Crippen molar-refractivity contribution >= 4 is 11.6 Å². The molecular weight excluding hydrogens is 308 g/mol. The Morgan fingerprint density at radius 3 is 2.29 bits per heavy atom. The van der Waals surface area contributed by atoms with E-state index in [1.165, 1.54) is 0 Å². The van der Waals surface area contributed by atoms with E-state index in [0.29, 0.717) is 41.7 Å². The molecule has 0 bridgehead atoms. The molecule has 0 aromatic heterocycles. The molecule has 0 saturated carbocycles. The van der Waals surface area contributed by atoms with Gasteiger partial charge < -0.3 is 25.3 Å². The fourth-order valence-electron chi connectivity index (χ4n) is 2.18. The number of anilines is 1.